The minimum Gasteiger partial charge on any atom is -0.452 e. The van der Waals surface area contributed by atoms with Gasteiger partial charge in [0.2, 0.25) is 0 Å². The number of nitrogens with zero attached hydrogens (tertiary/aromatic N) is 3. The predicted octanol–water partition coefficient (Wildman–Crippen LogP) is 2.75. The number of benzene rings is 2. The number of anilines is 1. The summed E-state index contributed by atoms with van der Waals surface area (Å²) in [6.07, 6.45) is 0. The van der Waals surface area contributed by atoms with Gasteiger partial charge in [0.15, 0.2) is 6.61 Å². The second-order valence-corrected chi connectivity index (χ2v) is 6.63. The Balaban J connectivity index is 1.52. The number of halogens is 1. The molecule has 1 amide bonds. The molecule has 0 saturated carbocycles. The first-order valence-electron chi connectivity index (χ1n) is 8.64. The van der Waals surface area contributed by atoms with Crippen LogP contribution in [-0.2, 0) is 9.53 Å². The lowest BCUT2D eigenvalue weighted by Crippen LogP contribution is -2.49. The van der Waals surface area contributed by atoms with E-state index < -0.39 is 17.5 Å². The molecule has 0 N–H and O–H groups in total. The Kier molecular flexibility index (Phi) is 6.10. The van der Waals surface area contributed by atoms with E-state index in [0.717, 1.165) is 5.69 Å². The lowest BCUT2D eigenvalue weighted by molar-refractivity contribution is -0.385. The molecule has 28 heavy (non-hydrogen) atoms. The van der Waals surface area contributed by atoms with Crippen molar-refractivity contribution in [3.05, 3.63) is 69.2 Å². The fourth-order valence-electron chi connectivity index (χ4n) is 2.99. The molecule has 2 aromatic rings. The molecule has 8 nitrogen and oxygen atoms in total. The molecular formula is C19H18ClN3O5. The lowest BCUT2D eigenvalue weighted by atomic mass is 10.2. The summed E-state index contributed by atoms with van der Waals surface area (Å²) >= 11 is 6.01. The van der Waals surface area contributed by atoms with E-state index in [9.17, 15) is 19.7 Å². The molecule has 0 aliphatic carbocycles. The van der Waals surface area contributed by atoms with Gasteiger partial charge >= 0.3 is 5.97 Å². The average molecular weight is 404 g/mol. The van der Waals surface area contributed by atoms with Crippen LogP contribution >= 0.6 is 11.6 Å². The Morgan fingerprint density at radius 3 is 2.46 bits per heavy atom. The summed E-state index contributed by atoms with van der Waals surface area (Å²) in [6, 6.07) is 13.0. The van der Waals surface area contributed by atoms with Crippen molar-refractivity contribution in [2.45, 2.75) is 0 Å². The summed E-state index contributed by atoms with van der Waals surface area (Å²) in [6.45, 7) is 1.76. The third-order valence-electron chi connectivity index (χ3n) is 4.45. The number of nitro benzene ring substituents is 1. The molecule has 1 fully saturated rings. The van der Waals surface area contributed by atoms with Crippen LogP contribution in [0.15, 0.2) is 48.5 Å². The Morgan fingerprint density at radius 1 is 1.07 bits per heavy atom. The Morgan fingerprint density at radius 2 is 1.79 bits per heavy atom. The van der Waals surface area contributed by atoms with Gasteiger partial charge < -0.3 is 14.5 Å². The van der Waals surface area contributed by atoms with Gasteiger partial charge in [0.25, 0.3) is 11.6 Å². The highest BCUT2D eigenvalue weighted by atomic mass is 35.5. The van der Waals surface area contributed by atoms with E-state index in [1.54, 1.807) is 11.0 Å². The number of ether oxygens (including phenoxy) is 1. The highest BCUT2D eigenvalue weighted by Crippen LogP contribution is 2.21. The van der Waals surface area contributed by atoms with E-state index in [1.807, 2.05) is 18.2 Å². The van der Waals surface area contributed by atoms with Gasteiger partial charge in [-0.05, 0) is 24.3 Å². The maximum absolute atomic E-state index is 12.3. The molecule has 2 aromatic carbocycles. The zero-order valence-electron chi connectivity index (χ0n) is 14.9. The smallest absolute Gasteiger partial charge is 0.345 e. The van der Waals surface area contributed by atoms with Gasteiger partial charge in [-0.25, -0.2) is 4.79 Å². The molecule has 0 atom stereocenters. The van der Waals surface area contributed by atoms with Crippen molar-refractivity contribution in [2.75, 3.05) is 37.7 Å². The van der Waals surface area contributed by atoms with Crippen LogP contribution in [0.3, 0.4) is 0 Å². The number of amides is 1. The quantitative estimate of drug-likeness (QED) is 0.433. The summed E-state index contributed by atoms with van der Waals surface area (Å²) < 4.78 is 5.00. The SMILES string of the molecule is O=C(OCC(=O)N1CCN(c2cccc(Cl)c2)CC1)c1ccccc1[N+](=O)[O-]. The van der Waals surface area contributed by atoms with Gasteiger partial charge in [0.1, 0.15) is 5.56 Å². The lowest BCUT2D eigenvalue weighted by Gasteiger charge is -2.36. The first kappa shape index (κ1) is 19.6. The molecular weight excluding hydrogens is 386 g/mol. The molecule has 0 radical (unpaired) electrons. The van der Waals surface area contributed by atoms with Crippen LogP contribution in [0.2, 0.25) is 5.02 Å². The predicted molar refractivity (Wildman–Crippen MR) is 104 cm³/mol. The molecule has 9 heteroatoms. The van der Waals surface area contributed by atoms with Gasteiger partial charge in [-0.3, -0.25) is 14.9 Å². The van der Waals surface area contributed by atoms with E-state index >= 15 is 0 Å². The third kappa shape index (κ3) is 4.58. The molecule has 3 rings (SSSR count). The van der Waals surface area contributed by atoms with Crippen molar-refractivity contribution in [1.82, 2.24) is 4.90 Å². The number of hydrogen-bond acceptors (Lipinski definition) is 6. The fourth-order valence-corrected chi connectivity index (χ4v) is 3.17. The summed E-state index contributed by atoms with van der Waals surface area (Å²) in [4.78, 5) is 38.5. The zero-order valence-corrected chi connectivity index (χ0v) is 15.7. The van der Waals surface area contributed by atoms with Crippen molar-refractivity contribution in [3.63, 3.8) is 0 Å². The largest absolute Gasteiger partial charge is 0.452 e. The molecule has 146 valence electrons. The Bertz CT molecular complexity index is 897. The minimum absolute atomic E-state index is 0.175. The standard InChI is InChI=1S/C19H18ClN3O5/c20-14-4-3-5-15(12-14)21-8-10-22(11-9-21)18(24)13-28-19(25)16-6-1-2-7-17(16)23(26)27/h1-7,12H,8-11,13H2. The monoisotopic (exact) mass is 403 g/mol. The van der Waals surface area contributed by atoms with Gasteiger partial charge in [-0.2, -0.15) is 0 Å². The van der Waals surface area contributed by atoms with Crippen LogP contribution in [0, 0.1) is 10.1 Å². The maximum Gasteiger partial charge on any atom is 0.345 e. The van der Waals surface area contributed by atoms with Crippen molar-refractivity contribution >= 4 is 34.9 Å². The number of carbonyl (C=O) groups excluding carboxylic acids is 2. The highest BCUT2D eigenvalue weighted by Gasteiger charge is 2.25. The van der Waals surface area contributed by atoms with Gasteiger partial charge in [0.05, 0.1) is 4.92 Å². The second kappa shape index (κ2) is 8.71. The van der Waals surface area contributed by atoms with Crippen molar-refractivity contribution in [2.24, 2.45) is 0 Å². The summed E-state index contributed by atoms with van der Waals surface area (Å²) in [5.74, 6) is -1.23. The van der Waals surface area contributed by atoms with Gasteiger partial charge in [-0.1, -0.05) is 29.8 Å². The van der Waals surface area contributed by atoms with Crippen LogP contribution < -0.4 is 4.90 Å². The fraction of sp³-hybridized carbons (Fsp3) is 0.263. The van der Waals surface area contributed by atoms with Crippen LogP contribution in [0.5, 0.6) is 0 Å². The van der Waals surface area contributed by atoms with Crippen LogP contribution in [0.4, 0.5) is 11.4 Å². The van der Waals surface area contributed by atoms with Crippen LogP contribution in [0.25, 0.3) is 0 Å². The molecule has 0 unspecified atom stereocenters. The topological polar surface area (TPSA) is 93.0 Å². The number of esters is 1. The molecule has 0 aromatic heterocycles. The summed E-state index contributed by atoms with van der Waals surface area (Å²) in [7, 11) is 0. The first-order chi connectivity index (χ1) is 13.5. The number of carbonyl (C=O) groups is 2. The van der Waals surface area contributed by atoms with Crippen molar-refractivity contribution in [1.29, 1.82) is 0 Å². The maximum atomic E-state index is 12.3. The first-order valence-corrected chi connectivity index (χ1v) is 9.02. The number of para-hydroxylation sites is 1. The van der Waals surface area contributed by atoms with Crippen molar-refractivity contribution < 1.29 is 19.2 Å². The number of rotatable bonds is 5. The van der Waals surface area contributed by atoms with E-state index in [-0.39, 0.29) is 17.2 Å². The van der Waals surface area contributed by atoms with E-state index in [2.05, 4.69) is 4.90 Å². The Hall–Kier alpha value is -3.13. The van der Waals surface area contributed by atoms with E-state index in [4.69, 9.17) is 16.3 Å². The number of hydrogen-bond donors (Lipinski definition) is 0. The summed E-state index contributed by atoms with van der Waals surface area (Å²) in [5, 5.41) is 11.6. The van der Waals surface area contributed by atoms with Gasteiger partial charge in [-0.15, -0.1) is 0 Å². The molecule has 1 aliphatic rings. The minimum atomic E-state index is -0.891. The van der Waals surface area contributed by atoms with E-state index in [0.29, 0.717) is 31.2 Å². The third-order valence-corrected chi connectivity index (χ3v) is 4.69. The Labute approximate surface area is 166 Å². The molecule has 1 aliphatic heterocycles. The molecule has 0 bridgehead atoms. The van der Waals surface area contributed by atoms with E-state index in [1.165, 1.54) is 24.3 Å². The van der Waals surface area contributed by atoms with Crippen molar-refractivity contribution in [3.8, 4) is 0 Å². The second-order valence-electron chi connectivity index (χ2n) is 6.20. The summed E-state index contributed by atoms with van der Waals surface area (Å²) in [5.41, 5.74) is 0.462. The van der Waals surface area contributed by atoms with Gasteiger partial charge in [0, 0.05) is 43.0 Å². The van der Waals surface area contributed by atoms with Crippen LogP contribution in [0.1, 0.15) is 10.4 Å². The van der Waals surface area contributed by atoms with Crippen LogP contribution in [-0.4, -0.2) is 54.5 Å². The number of nitro groups is 1. The number of piperazine rings is 1. The molecule has 1 heterocycles. The molecule has 0 spiro atoms. The zero-order chi connectivity index (χ0) is 20.1. The average Bonchev–Trinajstić information content (AvgIpc) is 2.71. The molecule has 1 saturated heterocycles. The normalized spacial score (nSPS) is 13.9. The highest BCUT2D eigenvalue weighted by molar-refractivity contribution is 6.30.